The largest absolute Gasteiger partial charge is 0.431 e. The van der Waals surface area contributed by atoms with E-state index in [4.69, 9.17) is 21.0 Å². The Balaban J connectivity index is 1.67. The Bertz CT molecular complexity index is 942. The summed E-state index contributed by atoms with van der Waals surface area (Å²) >= 11 is 7.64. The molecule has 0 atom stereocenters. The minimum absolute atomic E-state index is 0.655. The van der Waals surface area contributed by atoms with Crippen LogP contribution < -0.4 is 0 Å². The van der Waals surface area contributed by atoms with Crippen molar-refractivity contribution in [1.29, 1.82) is 0 Å². The zero-order valence-corrected chi connectivity index (χ0v) is 15.5. The van der Waals surface area contributed by atoms with E-state index in [9.17, 15) is 0 Å². The van der Waals surface area contributed by atoms with E-state index in [-0.39, 0.29) is 0 Å². The van der Waals surface area contributed by atoms with Crippen LogP contribution in [-0.2, 0) is 5.75 Å². The van der Waals surface area contributed by atoms with Crippen molar-refractivity contribution in [3.05, 3.63) is 95.5 Å². The highest BCUT2D eigenvalue weighted by Gasteiger charge is 2.17. The second kappa shape index (κ2) is 7.81. The van der Waals surface area contributed by atoms with Gasteiger partial charge in [0.1, 0.15) is 5.69 Å². The molecule has 0 amide bonds. The van der Waals surface area contributed by atoms with E-state index in [1.807, 2.05) is 66.7 Å². The molecule has 0 N–H and O–H groups in total. The SMILES string of the molecule is Clc1cccc(CSc2nc(-c3ccccc3)c(-c3ccccc3)o2)c1. The highest BCUT2D eigenvalue weighted by molar-refractivity contribution is 7.98. The van der Waals surface area contributed by atoms with E-state index in [0.717, 1.165) is 38.9 Å². The highest BCUT2D eigenvalue weighted by atomic mass is 35.5. The fourth-order valence-electron chi connectivity index (χ4n) is 2.71. The van der Waals surface area contributed by atoms with Crippen molar-refractivity contribution in [3.8, 4) is 22.6 Å². The van der Waals surface area contributed by atoms with Crippen LogP contribution in [0.1, 0.15) is 5.56 Å². The minimum Gasteiger partial charge on any atom is -0.431 e. The molecule has 4 heteroatoms. The Hall–Kier alpha value is -2.49. The Morgan fingerprint density at radius 3 is 2.19 bits per heavy atom. The van der Waals surface area contributed by atoms with Gasteiger partial charge in [0.25, 0.3) is 5.22 Å². The predicted octanol–water partition coefficient (Wildman–Crippen LogP) is 6.95. The summed E-state index contributed by atoms with van der Waals surface area (Å²) in [6.45, 7) is 0. The molecule has 0 saturated heterocycles. The van der Waals surface area contributed by atoms with Crippen LogP contribution in [0.15, 0.2) is 94.6 Å². The van der Waals surface area contributed by atoms with Gasteiger partial charge < -0.3 is 4.42 Å². The van der Waals surface area contributed by atoms with Gasteiger partial charge >= 0.3 is 0 Å². The Labute approximate surface area is 161 Å². The minimum atomic E-state index is 0.655. The van der Waals surface area contributed by atoms with Crippen LogP contribution in [0.5, 0.6) is 0 Å². The van der Waals surface area contributed by atoms with E-state index in [0.29, 0.717) is 5.22 Å². The number of halogens is 1. The first-order valence-corrected chi connectivity index (χ1v) is 9.65. The summed E-state index contributed by atoms with van der Waals surface area (Å²) in [6.07, 6.45) is 0. The highest BCUT2D eigenvalue weighted by Crippen LogP contribution is 2.36. The predicted molar refractivity (Wildman–Crippen MR) is 108 cm³/mol. The maximum absolute atomic E-state index is 6.13. The number of thioether (sulfide) groups is 1. The molecule has 128 valence electrons. The monoisotopic (exact) mass is 377 g/mol. The summed E-state index contributed by atoms with van der Waals surface area (Å²) in [4.78, 5) is 4.76. The fraction of sp³-hybridized carbons (Fsp3) is 0.0455. The van der Waals surface area contributed by atoms with Crippen LogP contribution in [-0.4, -0.2) is 4.98 Å². The van der Waals surface area contributed by atoms with Crippen molar-refractivity contribution < 1.29 is 4.42 Å². The second-order valence-electron chi connectivity index (χ2n) is 5.81. The first kappa shape index (κ1) is 17.0. The van der Waals surface area contributed by atoms with Crippen LogP contribution in [0.3, 0.4) is 0 Å². The molecule has 0 saturated carbocycles. The summed E-state index contributed by atoms with van der Waals surface area (Å²) in [5, 5.41) is 1.40. The number of hydrogen-bond acceptors (Lipinski definition) is 3. The van der Waals surface area contributed by atoms with Crippen LogP contribution in [0.4, 0.5) is 0 Å². The van der Waals surface area contributed by atoms with Crippen molar-refractivity contribution in [2.75, 3.05) is 0 Å². The average molecular weight is 378 g/mol. The van der Waals surface area contributed by atoms with Crippen LogP contribution >= 0.6 is 23.4 Å². The van der Waals surface area contributed by atoms with E-state index in [1.165, 1.54) is 0 Å². The second-order valence-corrected chi connectivity index (χ2v) is 7.17. The van der Waals surface area contributed by atoms with Crippen LogP contribution in [0.25, 0.3) is 22.6 Å². The summed E-state index contributed by atoms with van der Waals surface area (Å²) in [5.74, 6) is 1.55. The molecule has 4 aromatic rings. The lowest BCUT2D eigenvalue weighted by atomic mass is 10.1. The summed E-state index contributed by atoms with van der Waals surface area (Å²) < 4.78 is 6.13. The Kier molecular flexibility index (Phi) is 5.09. The van der Waals surface area contributed by atoms with E-state index < -0.39 is 0 Å². The van der Waals surface area contributed by atoms with Crippen LogP contribution in [0, 0.1) is 0 Å². The quantitative estimate of drug-likeness (QED) is 0.352. The summed E-state index contributed by atoms with van der Waals surface area (Å²) in [5.41, 5.74) is 4.08. The lowest BCUT2D eigenvalue weighted by Crippen LogP contribution is -1.82. The zero-order valence-electron chi connectivity index (χ0n) is 13.9. The Morgan fingerprint density at radius 1 is 0.808 bits per heavy atom. The van der Waals surface area contributed by atoms with Crippen molar-refractivity contribution in [3.63, 3.8) is 0 Å². The number of benzene rings is 3. The molecule has 0 aliphatic heterocycles. The van der Waals surface area contributed by atoms with Crippen molar-refractivity contribution >= 4 is 23.4 Å². The molecule has 2 nitrogen and oxygen atoms in total. The van der Waals surface area contributed by atoms with Crippen molar-refractivity contribution in [2.45, 2.75) is 11.0 Å². The van der Waals surface area contributed by atoms with Crippen LogP contribution in [0.2, 0.25) is 5.02 Å². The third kappa shape index (κ3) is 3.85. The number of aromatic nitrogens is 1. The number of nitrogens with zero attached hydrogens (tertiary/aromatic N) is 1. The maximum atomic E-state index is 6.13. The molecular weight excluding hydrogens is 362 g/mol. The summed E-state index contributed by atoms with van der Waals surface area (Å²) in [6, 6.07) is 28.1. The molecule has 1 aromatic heterocycles. The van der Waals surface area contributed by atoms with Gasteiger partial charge in [-0.3, -0.25) is 0 Å². The molecule has 0 fully saturated rings. The molecule has 0 aliphatic carbocycles. The molecule has 3 aromatic carbocycles. The fourth-order valence-corrected chi connectivity index (χ4v) is 3.69. The third-order valence-electron chi connectivity index (χ3n) is 3.94. The van der Waals surface area contributed by atoms with Gasteiger partial charge in [0.05, 0.1) is 0 Å². The van der Waals surface area contributed by atoms with Gasteiger partial charge in [-0.1, -0.05) is 96.2 Å². The molecule has 4 rings (SSSR count). The normalized spacial score (nSPS) is 10.8. The molecule has 0 aliphatic rings. The number of hydrogen-bond donors (Lipinski definition) is 0. The molecule has 0 bridgehead atoms. The van der Waals surface area contributed by atoms with Gasteiger partial charge in [0.15, 0.2) is 5.76 Å². The van der Waals surface area contributed by atoms with Gasteiger partial charge in [0.2, 0.25) is 0 Å². The van der Waals surface area contributed by atoms with Crippen molar-refractivity contribution in [1.82, 2.24) is 4.98 Å². The van der Waals surface area contributed by atoms with Gasteiger partial charge in [-0.25, -0.2) is 4.98 Å². The lowest BCUT2D eigenvalue weighted by molar-refractivity contribution is 0.466. The van der Waals surface area contributed by atoms with Gasteiger partial charge in [-0.2, -0.15) is 0 Å². The first-order valence-electron chi connectivity index (χ1n) is 8.28. The third-order valence-corrected chi connectivity index (χ3v) is 5.08. The lowest BCUT2D eigenvalue weighted by Gasteiger charge is -2.00. The number of oxazole rings is 1. The molecule has 26 heavy (non-hydrogen) atoms. The standard InChI is InChI=1S/C22H16ClNOS/c23-19-13-7-8-16(14-19)15-26-22-24-20(17-9-3-1-4-10-17)21(25-22)18-11-5-2-6-12-18/h1-14H,15H2. The molecule has 0 unspecified atom stereocenters. The van der Waals surface area contributed by atoms with Gasteiger partial charge in [0, 0.05) is 21.9 Å². The number of rotatable bonds is 5. The van der Waals surface area contributed by atoms with Crippen molar-refractivity contribution in [2.24, 2.45) is 0 Å². The topological polar surface area (TPSA) is 26.0 Å². The smallest absolute Gasteiger partial charge is 0.257 e. The van der Waals surface area contributed by atoms with Gasteiger partial charge in [-0.05, 0) is 17.7 Å². The Morgan fingerprint density at radius 2 is 1.50 bits per heavy atom. The molecule has 1 heterocycles. The molecular formula is C22H16ClNOS. The molecule has 0 spiro atoms. The maximum Gasteiger partial charge on any atom is 0.257 e. The van der Waals surface area contributed by atoms with E-state index in [2.05, 4.69) is 18.2 Å². The van der Waals surface area contributed by atoms with Gasteiger partial charge in [-0.15, -0.1) is 0 Å². The van der Waals surface area contributed by atoms with E-state index in [1.54, 1.807) is 11.8 Å². The first-order chi connectivity index (χ1) is 12.8. The molecule has 0 radical (unpaired) electrons. The summed E-state index contributed by atoms with van der Waals surface area (Å²) in [7, 11) is 0. The zero-order chi connectivity index (χ0) is 17.8. The average Bonchev–Trinajstić information content (AvgIpc) is 3.12. The van der Waals surface area contributed by atoms with E-state index >= 15 is 0 Å².